The van der Waals surface area contributed by atoms with Gasteiger partial charge in [0.1, 0.15) is 5.75 Å². The minimum absolute atomic E-state index is 0.0829. The van der Waals surface area contributed by atoms with Crippen LogP contribution in [0.3, 0.4) is 0 Å². The van der Waals surface area contributed by atoms with Crippen LogP contribution in [0, 0.1) is 0 Å². The van der Waals surface area contributed by atoms with E-state index in [1.54, 1.807) is 6.20 Å². The Labute approximate surface area is 129 Å². The van der Waals surface area contributed by atoms with Crippen molar-refractivity contribution in [2.45, 2.75) is 26.7 Å². The molecule has 0 radical (unpaired) electrons. The summed E-state index contributed by atoms with van der Waals surface area (Å²) in [6, 6.07) is 7.24. The van der Waals surface area contributed by atoms with E-state index in [0.29, 0.717) is 16.5 Å². The number of hydrogen-bond donors (Lipinski definition) is 0. The Morgan fingerprint density at radius 1 is 1.19 bits per heavy atom. The molecule has 2 rings (SSSR count). The van der Waals surface area contributed by atoms with Gasteiger partial charge >= 0.3 is 0 Å². The average Bonchev–Trinajstić information content (AvgIpc) is 3.00. The second-order valence-electron chi connectivity index (χ2n) is 4.72. The van der Waals surface area contributed by atoms with Crippen molar-refractivity contribution in [2.75, 3.05) is 13.1 Å². The third-order valence-corrected chi connectivity index (χ3v) is 3.64. The Balaban J connectivity index is 2.04. The summed E-state index contributed by atoms with van der Waals surface area (Å²) >= 11 is 1.44. The van der Waals surface area contributed by atoms with Gasteiger partial charge in [0, 0.05) is 30.2 Å². The maximum atomic E-state index is 12.4. The summed E-state index contributed by atoms with van der Waals surface area (Å²) in [5, 5.41) is 2.47. The third-order valence-electron chi connectivity index (χ3n) is 2.99. The van der Waals surface area contributed by atoms with E-state index in [2.05, 4.69) is 18.8 Å². The molecule has 1 heterocycles. The molecule has 1 amide bonds. The molecule has 2 aromatic rings. The second kappa shape index (κ2) is 7.78. The highest BCUT2D eigenvalue weighted by molar-refractivity contribution is 7.11. The van der Waals surface area contributed by atoms with Gasteiger partial charge in [-0.1, -0.05) is 25.2 Å². The molecule has 1 aromatic heterocycles. The van der Waals surface area contributed by atoms with Crippen LogP contribution >= 0.6 is 11.3 Å². The lowest BCUT2D eigenvalue weighted by Crippen LogP contribution is -2.32. The van der Waals surface area contributed by atoms with Gasteiger partial charge in [0.2, 0.25) is 0 Å². The molecule has 1 aromatic carbocycles. The maximum absolute atomic E-state index is 12.4. The van der Waals surface area contributed by atoms with Crippen LogP contribution in [0.25, 0.3) is 0 Å². The summed E-state index contributed by atoms with van der Waals surface area (Å²) in [7, 11) is 0. The quantitative estimate of drug-likeness (QED) is 0.770. The van der Waals surface area contributed by atoms with Crippen molar-refractivity contribution >= 4 is 17.2 Å². The smallest absolute Gasteiger partial charge is 0.278 e. The zero-order valence-corrected chi connectivity index (χ0v) is 13.2. The lowest BCUT2D eigenvalue weighted by atomic mass is 10.2. The highest BCUT2D eigenvalue weighted by atomic mass is 32.1. The number of amides is 1. The summed E-state index contributed by atoms with van der Waals surface area (Å²) < 4.78 is 5.59. The molecule has 0 aliphatic heterocycles. The van der Waals surface area contributed by atoms with E-state index in [1.165, 1.54) is 11.3 Å². The number of benzene rings is 1. The van der Waals surface area contributed by atoms with Crippen molar-refractivity contribution in [3.05, 3.63) is 41.4 Å². The average molecular weight is 304 g/mol. The van der Waals surface area contributed by atoms with E-state index in [4.69, 9.17) is 4.74 Å². The predicted octanol–water partition coefficient (Wildman–Crippen LogP) is 4.20. The highest BCUT2D eigenvalue weighted by Crippen LogP contribution is 2.23. The number of rotatable bonds is 7. The van der Waals surface area contributed by atoms with Crippen LogP contribution in [0.15, 0.2) is 35.8 Å². The molecule has 0 aliphatic rings. The summed E-state index contributed by atoms with van der Waals surface area (Å²) in [5.41, 5.74) is 0.698. The number of carbonyl (C=O) groups excluding carboxylic acids is 1. The number of ether oxygens (including phenoxy) is 1. The summed E-state index contributed by atoms with van der Waals surface area (Å²) in [5.74, 6) is 0.776. The third kappa shape index (κ3) is 4.29. The van der Waals surface area contributed by atoms with Crippen molar-refractivity contribution in [3.8, 4) is 10.9 Å². The summed E-state index contributed by atoms with van der Waals surface area (Å²) in [6.45, 7) is 5.76. The second-order valence-corrected chi connectivity index (χ2v) is 5.57. The molecule has 112 valence electrons. The van der Waals surface area contributed by atoms with Crippen molar-refractivity contribution in [1.82, 2.24) is 9.88 Å². The van der Waals surface area contributed by atoms with Crippen molar-refractivity contribution in [2.24, 2.45) is 0 Å². The first-order valence-corrected chi connectivity index (χ1v) is 8.09. The Bertz CT molecular complexity index is 546. The Morgan fingerprint density at radius 2 is 1.86 bits per heavy atom. The summed E-state index contributed by atoms with van der Waals surface area (Å²) in [4.78, 5) is 18.4. The molecule has 0 unspecified atom stereocenters. The molecular weight excluding hydrogens is 284 g/mol. The van der Waals surface area contributed by atoms with Gasteiger partial charge in [-0.05, 0) is 37.1 Å². The van der Waals surface area contributed by atoms with E-state index >= 15 is 0 Å². The van der Waals surface area contributed by atoms with Gasteiger partial charge in [0.25, 0.3) is 11.1 Å². The fourth-order valence-corrected chi connectivity index (χ4v) is 2.57. The zero-order valence-electron chi connectivity index (χ0n) is 12.4. The van der Waals surface area contributed by atoms with Crippen LogP contribution in [-0.4, -0.2) is 28.9 Å². The van der Waals surface area contributed by atoms with E-state index in [-0.39, 0.29) is 5.91 Å². The lowest BCUT2D eigenvalue weighted by Gasteiger charge is -2.21. The van der Waals surface area contributed by atoms with Crippen LogP contribution in [0.5, 0.6) is 10.9 Å². The molecule has 5 heteroatoms. The van der Waals surface area contributed by atoms with Crippen LogP contribution in [-0.2, 0) is 0 Å². The topological polar surface area (TPSA) is 42.4 Å². The Kier molecular flexibility index (Phi) is 5.75. The van der Waals surface area contributed by atoms with Crippen LogP contribution in [0.2, 0.25) is 0 Å². The fraction of sp³-hybridized carbons (Fsp3) is 0.375. The normalized spacial score (nSPS) is 10.4. The number of thiazole rings is 1. The fourth-order valence-electron chi connectivity index (χ4n) is 2.06. The number of nitrogens with zero attached hydrogens (tertiary/aromatic N) is 2. The van der Waals surface area contributed by atoms with E-state index in [1.807, 2.05) is 34.5 Å². The molecule has 0 atom stereocenters. The maximum Gasteiger partial charge on any atom is 0.278 e. The van der Waals surface area contributed by atoms with Gasteiger partial charge in [-0.2, -0.15) is 0 Å². The zero-order chi connectivity index (χ0) is 15.1. The Hall–Kier alpha value is -1.88. The highest BCUT2D eigenvalue weighted by Gasteiger charge is 2.14. The largest absolute Gasteiger partial charge is 0.431 e. The van der Waals surface area contributed by atoms with Gasteiger partial charge in [0.05, 0.1) is 0 Å². The minimum atomic E-state index is 0.0829. The molecule has 4 nitrogen and oxygen atoms in total. The van der Waals surface area contributed by atoms with Crippen molar-refractivity contribution in [1.29, 1.82) is 0 Å². The van der Waals surface area contributed by atoms with Crippen molar-refractivity contribution < 1.29 is 9.53 Å². The first-order chi connectivity index (χ1) is 10.2. The van der Waals surface area contributed by atoms with E-state index < -0.39 is 0 Å². The van der Waals surface area contributed by atoms with E-state index in [9.17, 15) is 4.79 Å². The van der Waals surface area contributed by atoms with Gasteiger partial charge in [-0.25, -0.2) is 4.98 Å². The van der Waals surface area contributed by atoms with Gasteiger partial charge in [0.15, 0.2) is 0 Å². The first-order valence-electron chi connectivity index (χ1n) is 7.21. The summed E-state index contributed by atoms with van der Waals surface area (Å²) in [6.07, 6.45) is 3.64. The van der Waals surface area contributed by atoms with E-state index in [0.717, 1.165) is 25.9 Å². The SMILES string of the molecule is CCCN(CCC)C(=O)c1ccc(Oc2nccs2)cc1. The van der Waals surface area contributed by atoms with Crippen LogP contribution in [0.4, 0.5) is 0 Å². The monoisotopic (exact) mass is 304 g/mol. The number of carbonyl (C=O) groups is 1. The number of aromatic nitrogens is 1. The molecule has 0 N–H and O–H groups in total. The molecule has 0 bridgehead atoms. The first kappa shape index (κ1) is 15.5. The molecular formula is C16H20N2O2S. The van der Waals surface area contributed by atoms with Gasteiger partial charge in [-0.15, -0.1) is 0 Å². The van der Waals surface area contributed by atoms with Crippen LogP contribution in [0.1, 0.15) is 37.0 Å². The van der Waals surface area contributed by atoms with Crippen LogP contribution < -0.4 is 4.74 Å². The molecule has 0 spiro atoms. The van der Waals surface area contributed by atoms with Gasteiger partial charge in [-0.3, -0.25) is 4.79 Å². The number of hydrogen-bond acceptors (Lipinski definition) is 4. The standard InChI is InChI=1S/C16H20N2O2S/c1-3-10-18(11-4-2)15(19)13-5-7-14(8-6-13)20-16-17-9-12-21-16/h5-9,12H,3-4,10-11H2,1-2H3. The molecule has 0 aliphatic carbocycles. The predicted molar refractivity (Wildman–Crippen MR) is 85.1 cm³/mol. The molecule has 0 fully saturated rings. The lowest BCUT2D eigenvalue weighted by molar-refractivity contribution is 0.0755. The van der Waals surface area contributed by atoms with Gasteiger partial charge < -0.3 is 9.64 Å². The van der Waals surface area contributed by atoms with Crippen molar-refractivity contribution in [3.63, 3.8) is 0 Å². The Morgan fingerprint density at radius 3 is 2.38 bits per heavy atom. The minimum Gasteiger partial charge on any atom is -0.431 e. The molecule has 0 saturated heterocycles. The molecule has 0 saturated carbocycles. The molecule has 21 heavy (non-hydrogen) atoms.